The Labute approximate surface area is 301 Å². The first-order valence-electron chi connectivity index (χ1n) is 18.2. The lowest BCUT2D eigenvalue weighted by Crippen LogP contribution is -2.48. The van der Waals surface area contributed by atoms with Crippen LogP contribution in [-0.4, -0.2) is 54.9 Å². The predicted octanol–water partition coefficient (Wildman–Crippen LogP) is 7.41. The molecule has 0 aromatic heterocycles. The lowest BCUT2D eigenvalue weighted by Gasteiger charge is -2.21. The lowest BCUT2D eigenvalue weighted by atomic mass is 10.1. The minimum absolute atomic E-state index is 0.170. The Morgan fingerprint density at radius 1 is 0.608 bits per heavy atom. The molecule has 51 heavy (non-hydrogen) atoms. The third kappa shape index (κ3) is 11.7. The Hall–Kier alpha value is -5.15. The first-order chi connectivity index (χ1) is 25.0. The van der Waals surface area contributed by atoms with Gasteiger partial charge in [0.1, 0.15) is 6.04 Å². The van der Waals surface area contributed by atoms with Gasteiger partial charge in [0.05, 0.1) is 0 Å². The third-order valence-electron chi connectivity index (χ3n) is 9.27. The first kappa shape index (κ1) is 37.1. The van der Waals surface area contributed by atoms with E-state index in [1.807, 2.05) is 109 Å². The fraction of sp³-hybridized carbons (Fsp3) is 0.357. The van der Waals surface area contributed by atoms with E-state index in [0.717, 1.165) is 84.9 Å². The van der Waals surface area contributed by atoms with Crippen LogP contribution in [0.2, 0.25) is 0 Å². The van der Waals surface area contributed by atoms with Gasteiger partial charge in [0, 0.05) is 36.7 Å². The summed E-state index contributed by atoms with van der Waals surface area (Å²) in [6.07, 6.45) is 6.24. The highest BCUT2D eigenvalue weighted by atomic mass is 16.6. The zero-order chi connectivity index (χ0) is 35.7. The number of ether oxygens (including phenoxy) is 1. The summed E-state index contributed by atoms with van der Waals surface area (Å²) >= 11 is 0. The Morgan fingerprint density at radius 3 is 1.71 bits per heavy atom. The molecule has 0 heterocycles. The number of amides is 3. The molecule has 0 saturated heterocycles. The van der Waals surface area contributed by atoms with Crippen LogP contribution >= 0.6 is 0 Å². The summed E-state index contributed by atoms with van der Waals surface area (Å²) in [6, 6.07) is 34.5. The summed E-state index contributed by atoms with van der Waals surface area (Å²) in [4.78, 5) is 37.8. The standard InChI is InChI=1S/C42H50N4O5/c47-40(44-27-17-5-3-1-2-4-16-26-43-30-33(45-41(48)49)28-31-18-8-6-9-19-31)38(29-32-20-10-7-11-21-32)46-42(50)51-39-36-24-14-12-22-34(36)35-23-13-15-25-37(35)39/h6-15,18-25,33,38-39,43,45H,1-5,16-17,26-30H2,(H,44,47)(H,46,50)(H,48,49). The van der Waals surface area contributed by atoms with Crippen molar-refractivity contribution in [3.8, 4) is 11.1 Å². The van der Waals surface area contributed by atoms with Gasteiger partial charge in [-0.3, -0.25) is 4.79 Å². The van der Waals surface area contributed by atoms with Gasteiger partial charge in [-0.1, -0.05) is 141 Å². The maximum absolute atomic E-state index is 13.3. The number of carbonyl (C=O) groups is 3. The Balaban J connectivity index is 0.983. The topological polar surface area (TPSA) is 129 Å². The van der Waals surface area contributed by atoms with Gasteiger partial charge in [0.15, 0.2) is 6.10 Å². The van der Waals surface area contributed by atoms with Gasteiger partial charge in [0.2, 0.25) is 5.91 Å². The van der Waals surface area contributed by atoms with E-state index in [9.17, 15) is 19.5 Å². The van der Waals surface area contributed by atoms with E-state index >= 15 is 0 Å². The molecule has 3 amide bonds. The van der Waals surface area contributed by atoms with Gasteiger partial charge in [-0.05, 0) is 48.1 Å². The Morgan fingerprint density at radius 2 is 1.12 bits per heavy atom. The average molecular weight is 691 g/mol. The Bertz CT molecular complexity index is 1640. The molecule has 5 rings (SSSR count). The van der Waals surface area contributed by atoms with Crippen molar-refractivity contribution in [3.05, 3.63) is 131 Å². The minimum atomic E-state index is -1.00. The maximum Gasteiger partial charge on any atom is 0.408 e. The number of nitrogens with one attached hydrogen (secondary N) is 4. The number of unbranched alkanes of at least 4 members (excludes halogenated alkanes) is 6. The quantitative estimate of drug-likeness (QED) is 0.0615. The number of hydrogen-bond donors (Lipinski definition) is 5. The SMILES string of the molecule is O=C(O)NC(CNCCCCCCCCCNC(=O)C(Cc1ccccc1)NC(=O)OC1c2ccccc2-c2ccccc21)Cc1ccccc1. The monoisotopic (exact) mass is 690 g/mol. The predicted molar refractivity (Wildman–Crippen MR) is 201 cm³/mol. The van der Waals surface area contributed by atoms with Crippen molar-refractivity contribution < 1.29 is 24.2 Å². The van der Waals surface area contributed by atoms with Crippen molar-refractivity contribution in [1.82, 2.24) is 21.3 Å². The second-order valence-corrected chi connectivity index (χ2v) is 13.2. The second kappa shape index (κ2) is 19.9. The molecule has 2 unspecified atom stereocenters. The smallest absolute Gasteiger partial charge is 0.408 e. The van der Waals surface area contributed by atoms with E-state index in [2.05, 4.69) is 21.3 Å². The number of rotatable bonds is 20. The molecule has 4 aromatic carbocycles. The first-order valence-corrected chi connectivity index (χ1v) is 18.2. The normalized spacial score (nSPS) is 13.0. The van der Waals surface area contributed by atoms with Crippen LogP contribution in [0.1, 0.15) is 73.3 Å². The molecule has 2 atom stereocenters. The van der Waals surface area contributed by atoms with Crippen LogP contribution in [0, 0.1) is 0 Å². The summed E-state index contributed by atoms with van der Waals surface area (Å²) in [6.45, 7) is 1.99. The maximum atomic E-state index is 13.3. The van der Waals surface area contributed by atoms with Gasteiger partial charge < -0.3 is 31.1 Å². The van der Waals surface area contributed by atoms with Crippen LogP contribution in [0.3, 0.4) is 0 Å². The highest BCUT2D eigenvalue weighted by Crippen LogP contribution is 2.45. The van der Waals surface area contributed by atoms with Crippen molar-refractivity contribution in [2.24, 2.45) is 0 Å². The fourth-order valence-corrected chi connectivity index (χ4v) is 6.70. The summed E-state index contributed by atoms with van der Waals surface area (Å²) in [5.41, 5.74) is 6.04. The molecule has 0 aliphatic heterocycles. The summed E-state index contributed by atoms with van der Waals surface area (Å²) < 4.78 is 5.98. The van der Waals surface area contributed by atoms with Gasteiger partial charge >= 0.3 is 12.2 Å². The molecular weight excluding hydrogens is 640 g/mol. The van der Waals surface area contributed by atoms with Gasteiger partial charge in [0.25, 0.3) is 0 Å². The molecule has 0 spiro atoms. The largest absolute Gasteiger partial charge is 0.465 e. The highest BCUT2D eigenvalue weighted by Gasteiger charge is 2.32. The van der Waals surface area contributed by atoms with Crippen LogP contribution in [0.25, 0.3) is 11.1 Å². The molecule has 0 fully saturated rings. The Kier molecular flexibility index (Phi) is 14.5. The highest BCUT2D eigenvalue weighted by molar-refractivity contribution is 5.86. The van der Waals surface area contributed by atoms with E-state index in [0.29, 0.717) is 25.9 Å². The molecule has 1 aliphatic rings. The van der Waals surface area contributed by atoms with Gasteiger partial charge in [-0.15, -0.1) is 0 Å². The summed E-state index contributed by atoms with van der Waals surface area (Å²) in [7, 11) is 0. The van der Waals surface area contributed by atoms with Crippen LogP contribution in [0.5, 0.6) is 0 Å². The lowest BCUT2D eigenvalue weighted by molar-refractivity contribution is -0.123. The molecule has 0 radical (unpaired) electrons. The molecule has 9 nitrogen and oxygen atoms in total. The van der Waals surface area contributed by atoms with Crippen LogP contribution < -0.4 is 21.3 Å². The number of carboxylic acid groups (broad SMARTS) is 1. The zero-order valence-electron chi connectivity index (χ0n) is 29.2. The molecule has 268 valence electrons. The van der Waals surface area contributed by atoms with E-state index in [1.165, 1.54) is 0 Å². The van der Waals surface area contributed by atoms with Crippen molar-refractivity contribution in [2.45, 2.75) is 76.0 Å². The number of carbonyl (C=O) groups excluding carboxylic acids is 2. The molecular formula is C42H50N4O5. The number of benzene rings is 4. The van der Waals surface area contributed by atoms with Crippen molar-refractivity contribution in [1.29, 1.82) is 0 Å². The van der Waals surface area contributed by atoms with Gasteiger partial charge in [-0.25, -0.2) is 9.59 Å². The zero-order valence-corrected chi connectivity index (χ0v) is 29.2. The van der Waals surface area contributed by atoms with E-state index in [1.54, 1.807) is 0 Å². The second-order valence-electron chi connectivity index (χ2n) is 13.2. The van der Waals surface area contributed by atoms with E-state index < -0.39 is 24.3 Å². The molecule has 0 saturated carbocycles. The van der Waals surface area contributed by atoms with Crippen molar-refractivity contribution >= 4 is 18.1 Å². The van der Waals surface area contributed by atoms with Crippen LogP contribution in [-0.2, 0) is 22.4 Å². The van der Waals surface area contributed by atoms with E-state index in [-0.39, 0.29) is 11.9 Å². The van der Waals surface area contributed by atoms with E-state index in [4.69, 9.17) is 4.74 Å². The number of alkyl carbamates (subject to hydrolysis) is 1. The molecule has 4 aromatic rings. The van der Waals surface area contributed by atoms with Gasteiger partial charge in [-0.2, -0.15) is 0 Å². The average Bonchev–Trinajstić information content (AvgIpc) is 3.45. The summed E-state index contributed by atoms with van der Waals surface area (Å²) in [5.74, 6) is -0.222. The molecule has 1 aliphatic carbocycles. The number of fused-ring (bicyclic) bond motifs is 3. The summed E-state index contributed by atoms with van der Waals surface area (Å²) in [5, 5.41) is 21.1. The molecule has 0 bridgehead atoms. The van der Waals surface area contributed by atoms with Crippen molar-refractivity contribution in [3.63, 3.8) is 0 Å². The molecule has 5 N–H and O–H groups in total. The number of hydrogen-bond acceptors (Lipinski definition) is 5. The molecule has 9 heteroatoms. The third-order valence-corrected chi connectivity index (χ3v) is 9.27. The van der Waals surface area contributed by atoms with Crippen LogP contribution in [0.15, 0.2) is 109 Å². The van der Waals surface area contributed by atoms with Crippen molar-refractivity contribution in [2.75, 3.05) is 19.6 Å². The van der Waals surface area contributed by atoms with Crippen LogP contribution in [0.4, 0.5) is 9.59 Å². The fourth-order valence-electron chi connectivity index (χ4n) is 6.70. The minimum Gasteiger partial charge on any atom is -0.465 e.